The van der Waals surface area contributed by atoms with E-state index in [1.807, 2.05) is 30.3 Å². The Balaban J connectivity index is 1.47. The van der Waals surface area contributed by atoms with Crippen LogP contribution in [0.25, 0.3) is 0 Å². The largest absolute Gasteiger partial charge is 0.486 e. The molecule has 0 aliphatic carbocycles. The van der Waals surface area contributed by atoms with Crippen LogP contribution in [-0.4, -0.2) is 18.0 Å². The Kier molecular flexibility index (Phi) is 6.63. The molecule has 7 heteroatoms. The molecule has 3 aromatic rings. The van der Waals surface area contributed by atoms with Gasteiger partial charge in [0.15, 0.2) is 6.10 Å². The van der Waals surface area contributed by atoms with Crippen LogP contribution in [0.1, 0.15) is 28.8 Å². The zero-order valence-corrected chi connectivity index (χ0v) is 15.8. The minimum Gasteiger partial charge on any atom is -0.486 e. The molecular formula is C22H20FNO5. The van der Waals surface area contributed by atoms with Crippen LogP contribution >= 0.6 is 0 Å². The number of benzene rings is 2. The highest BCUT2D eigenvalue weighted by atomic mass is 19.1. The lowest BCUT2D eigenvalue weighted by molar-refractivity contribution is -0.129. The Bertz CT molecular complexity index is 953. The van der Waals surface area contributed by atoms with Crippen LogP contribution in [0.15, 0.2) is 71.1 Å². The second kappa shape index (κ2) is 9.54. The fourth-order valence-corrected chi connectivity index (χ4v) is 2.44. The predicted octanol–water partition coefficient (Wildman–Crippen LogP) is 3.86. The number of nitrogens with one attached hydrogen (secondary N) is 1. The summed E-state index contributed by atoms with van der Waals surface area (Å²) in [5.41, 5.74) is 0.729. The summed E-state index contributed by atoms with van der Waals surface area (Å²) in [7, 11) is 0. The number of rotatable bonds is 8. The number of halogens is 1. The third-order valence-electron chi connectivity index (χ3n) is 4.02. The Morgan fingerprint density at radius 2 is 1.76 bits per heavy atom. The smallest absolute Gasteiger partial charge is 0.375 e. The van der Waals surface area contributed by atoms with E-state index in [0.717, 1.165) is 5.56 Å². The van der Waals surface area contributed by atoms with Crippen LogP contribution in [-0.2, 0) is 22.7 Å². The topological polar surface area (TPSA) is 77.8 Å². The first kappa shape index (κ1) is 20.1. The highest BCUT2D eigenvalue weighted by Crippen LogP contribution is 2.15. The number of esters is 1. The zero-order valence-electron chi connectivity index (χ0n) is 15.8. The Labute approximate surface area is 167 Å². The van der Waals surface area contributed by atoms with Gasteiger partial charge in [0, 0.05) is 6.54 Å². The molecule has 1 N–H and O–H groups in total. The van der Waals surface area contributed by atoms with E-state index in [4.69, 9.17) is 13.9 Å². The number of hydrogen-bond acceptors (Lipinski definition) is 5. The standard InChI is InChI=1S/C22H20FNO5/c1-15(21(25)24-13-16-7-9-17(23)10-8-16)28-22(26)20-12-11-19(29-20)14-27-18-5-3-2-4-6-18/h2-12,15H,13-14H2,1H3,(H,24,25)/t15-/m0/s1. The van der Waals surface area contributed by atoms with Crippen molar-refractivity contribution in [2.75, 3.05) is 0 Å². The normalized spacial score (nSPS) is 11.5. The zero-order chi connectivity index (χ0) is 20.6. The average Bonchev–Trinajstić information content (AvgIpc) is 3.21. The van der Waals surface area contributed by atoms with Gasteiger partial charge in [-0.25, -0.2) is 9.18 Å². The second-order valence-corrected chi connectivity index (χ2v) is 6.26. The summed E-state index contributed by atoms with van der Waals surface area (Å²) in [4.78, 5) is 24.3. The van der Waals surface area contributed by atoms with Gasteiger partial charge < -0.3 is 19.2 Å². The van der Waals surface area contributed by atoms with Crippen molar-refractivity contribution in [1.82, 2.24) is 5.32 Å². The van der Waals surface area contributed by atoms with Crippen LogP contribution in [0.3, 0.4) is 0 Å². The van der Waals surface area contributed by atoms with E-state index in [1.165, 1.54) is 25.1 Å². The van der Waals surface area contributed by atoms with Gasteiger partial charge >= 0.3 is 5.97 Å². The summed E-state index contributed by atoms with van der Waals surface area (Å²) >= 11 is 0. The van der Waals surface area contributed by atoms with Crippen LogP contribution in [0.5, 0.6) is 5.75 Å². The number of amides is 1. The lowest BCUT2D eigenvalue weighted by atomic mass is 10.2. The van der Waals surface area contributed by atoms with Crippen LogP contribution in [0.4, 0.5) is 4.39 Å². The third kappa shape index (κ3) is 5.93. The Morgan fingerprint density at radius 1 is 1.03 bits per heavy atom. The van der Waals surface area contributed by atoms with Gasteiger partial charge in [0.2, 0.25) is 5.76 Å². The summed E-state index contributed by atoms with van der Waals surface area (Å²) in [5.74, 6) is -0.458. The number of furan rings is 1. The summed E-state index contributed by atoms with van der Waals surface area (Å²) < 4.78 is 29.0. The lowest BCUT2D eigenvalue weighted by Gasteiger charge is -2.12. The van der Waals surface area contributed by atoms with Crippen molar-refractivity contribution in [2.45, 2.75) is 26.2 Å². The fourth-order valence-electron chi connectivity index (χ4n) is 2.44. The molecule has 0 fully saturated rings. The molecule has 0 bridgehead atoms. The maximum absolute atomic E-state index is 12.9. The first-order valence-electron chi connectivity index (χ1n) is 9.01. The van der Waals surface area contributed by atoms with Gasteiger partial charge in [-0.05, 0) is 48.9 Å². The van der Waals surface area contributed by atoms with E-state index < -0.39 is 18.0 Å². The number of ether oxygens (including phenoxy) is 2. The van der Waals surface area contributed by atoms with Gasteiger partial charge in [-0.1, -0.05) is 30.3 Å². The molecule has 0 unspecified atom stereocenters. The van der Waals surface area contributed by atoms with Crippen molar-refractivity contribution >= 4 is 11.9 Å². The van der Waals surface area contributed by atoms with E-state index in [9.17, 15) is 14.0 Å². The van der Waals surface area contributed by atoms with Crippen LogP contribution in [0, 0.1) is 5.82 Å². The van der Waals surface area contributed by atoms with Crippen LogP contribution < -0.4 is 10.1 Å². The molecule has 1 amide bonds. The van der Waals surface area contributed by atoms with Gasteiger partial charge in [0.05, 0.1) is 0 Å². The first-order chi connectivity index (χ1) is 14.0. The van der Waals surface area contributed by atoms with Crippen molar-refractivity contribution in [3.63, 3.8) is 0 Å². The van der Waals surface area contributed by atoms with Gasteiger partial charge in [-0.3, -0.25) is 4.79 Å². The molecule has 1 heterocycles. The Hall–Kier alpha value is -3.61. The maximum Gasteiger partial charge on any atom is 0.375 e. The minimum atomic E-state index is -1.02. The monoisotopic (exact) mass is 397 g/mol. The number of para-hydroxylation sites is 1. The van der Waals surface area contributed by atoms with Crippen molar-refractivity contribution < 1.29 is 27.9 Å². The van der Waals surface area contributed by atoms with Gasteiger partial charge in [0.1, 0.15) is 23.9 Å². The van der Waals surface area contributed by atoms with Crippen molar-refractivity contribution in [3.8, 4) is 5.75 Å². The SMILES string of the molecule is C[C@H](OC(=O)c1ccc(COc2ccccc2)o1)C(=O)NCc1ccc(F)cc1. The maximum atomic E-state index is 12.9. The summed E-state index contributed by atoms with van der Waals surface area (Å²) in [5, 5.41) is 2.63. The van der Waals surface area contributed by atoms with E-state index in [-0.39, 0.29) is 24.7 Å². The quantitative estimate of drug-likeness (QED) is 0.584. The molecule has 0 saturated heterocycles. The molecule has 0 aliphatic rings. The predicted molar refractivity (Wildman–Crippen MR) is 103 cm³/mol. The molecule has 2 aromatic carbocycles. The molecule has 1 atom stereocenters. The second-order valence-electron chi connectivity index (χ2n) is 6.26. The van der Waals surface area contributed by atoms with Crippen LogP contribution in [0.2, 0.25) is 0 Å². The third-order valence-corrected chi connectivity index (χ3v) is 4.02. The average molecular weight is 397 g/mol. The fraction of sp³-hybridized carbons (Fsp3) is 0.182. The van der Waals surface area contributed by atoms with Crippen molar-refractivity contribution in [3.05, 3.63) is 89.6 Å². The molecule has 1 aromatic heterocycles. The molecule has 0 spiro atoms. The molecule has 0 radical (unpaired) electrons. The molecule has 0 aliphatic heterocycles. The summed E-state index contributed by atoms with van der Waals surface area (Å²) in [6, 6.07) is 18.0. The summed E-state index contributed by atoms with van der Waals surface area (Å²) in [6.45, 7) is 1.81. The van der Waals surface area contributed by atoms with E-state index in [2.05, 4.69) is 5.32 Å². The number of carbonyl (C=O) groups excluding carboxylic acids is 2. The van der Waals surface area contributed by atoms with E-state index >= 15 is 0 Å². The van der Waals surface area contributed by atoms with E-state index in [0.29, 0.717) is 11.5 Å². The molecule has 3 rings (SSSR count). The Morgan fingerprint density at radius 3 is 2.48 bits per heavy atom. The molecule has 150 valence electrons. The van der Waals surface area contributed by atoms with Crippen molar-refractivity contribution in [1.29, 1.82) is 0 Å². The number of hydrogen-bond donors (Lipinski definition) is 1. The van der Waals surface area contributed by atoms with Gasteiger partial charge in [-0.15, -0.1) is 0 Å². The molecule has 6 nitrogen and oxygen atoms in total. The van der Waals surface area contributed by atoms with E-state index in [1.54, 1.807) is 18.2 Å². The molecule has 29 heavy (non-hydrogen) atoms. The molecular weight excluding hydrogens is 377 g/mol. The van der Waals surface area contributed by atoms with Crippen molar-refractivity contribution in [2.24, 2.45) is 0 Å². The number of carbonyl (C=O) groups is 2. The van der Waals surface area contributed by atoms with Gasteiger partial charge in [0.25, 0.3) is 5.91 Å². The highest BCUT2D eigenvalue weighted by molar-refractivity contribution is 5.90. The minimum absolute atomic E-state index is 0.0187. The highest BCUT2D eigenvalue weighted by Gasteiger charge is 2.21. The first-order valence-corrected chi connectivity index (χ1v) is 9.01. The summed E-state index contributed by atoms with van der Waals surface area (Å²) in [6.07, 6.45) is -1.02. The molecule has 0 saturated carbocycles. The lowest BCUT2D eigenvalue weighted by Crippen LogP contribution is -2.35. The van der Waals surface area contributed by atoms with Gasteiger partial charge in [-0.2, -0.15) is 0 Å².